The predicted octanol–water partition coefficient (Wildman–Crippen LogP) is 3.48. The molecule has 0 spiro atoms. The summed E-state index contributed by atoms with van der Waals surface area (Å²) in [6.45, 7) is 0. The minimum atomic E-state index is -4.98. The fourth-order valence-corrected chi connectivity index (χ4v) is 1.63. The lowest BCUT2D eigenvalue weighted by molar-refractivity contribution is -0.384. The van der Waals surface area contributed by atoms with Gasteiger partial charge in [0.2, 0.25) is 0 Å². The van der Waals surface area contributed by atoms with Gasteiger partial charge in [0, 0.05) is 0 Å². The quantitative estimate of drug-likeness (QED) is 0.286. The summed E-state index contributed by atoms with van der Waals surface area (Å²) in [5.74, 6) is -1.06. The third-order valence-corrected chi connectivity index (χ3v) is 2.75. The lowest BCUT2D eigenvalue weighted by Gasteiger charge is -2.11. The Labute approximate surface area is 123 Å². The number of benzene rings is 1. The number of rotatable bonds is 4. The summed E-state index contributed by atoms with van der Waals surface area (Å²) >= 11 is 8.19. The van der Waals surface area contributed by atoms with Crippen molar-refractivity contribution in [1.29, 1.82) is 0 Å². The van der Waals surface area contributed by atoms with Gasteiger partial charge in [0.1, 0.15) is 11.5 Å². The minimum Gasteiger partial charge on any atom is -0.404 e. The van der Waals surface area contributed by atoms with Gasteiger partial charge in [-0.15, -0.1) is 24.8 Å². The van der Waals surface area contributed by atoms with Crippen molar-refractivity contribution in [3.63, 3.8) is 0 Å². The standard InChI is InChI=1S/C9H6BrClF3N3O3/c10-4-1-5(16-8(15)3-11)6(17(18)19)2-7(4)20-9(12,13)14/h1-2H,3H2,(H2,15,16). The molecule has 0 heterocycles. The average Bonchev–Trinajstić information content (AvgIpc) is 2.30. The number of nitro groups is 1. The van der Waals surface area contributed by atoms with Crippen LogP contribution < -0.4 is 10.5 Å². The Balaban J connectivity index is 3.36. The van der Waals surface area contributed by atoms with Gasteiger partial charge in [0.25, 0.3) is 5.69 Å². The van der Waals surface area contributed by atoms with Crippen molar-refractivity contribution < 1.29 is 22.8 Å². The zero-order chi connectivity index (χ0) is 15.5. The molecular weight excluding hydrogens is 370 g/mol. The van der Waals surface area contributed by atoms with Crippen molar-refractivity contribution in [3.8, 4) is 5.75 Å². The number of hydrogen-bond donors (Lipinski definition) is 1. The van der Waals surface area contributed by atoms with Gasteiger partial charge >= 0.3 is 6.36 Å². The minimum absolute atomic E-state index is 0.119. The van der Waals surface area contributed by atoms with Crippen LogP contribution in [-0.4, -0.2) is 23.0 Å². The first-order chi connectivity index (χ1) is 9.14. The highest BCUT2D eigenvalue weighted by atomic mass is 79.9. The molecule has 0 aliphatic rings. The van der Waals surface area contributed by atoms with Gasteiger partial charge in [-0.3, -0.25) is 10.1 Å². The first-order valence-corrected chi connectivity index (χ1v) is 6.09. The van der Waals surface area contributed by atoms with Crippen molar-refractivity contribution in [1.82, 2.24) is 0 Å². The van der Waals surface area contributed by atoms with E-state index in [4.69, 9.17) is 17.3 Å². The molecule has 2 N–H and O–H groups in total. The summed E-state index contributed by atoms with van der Waals surface area (Å²) in [6.07, 6.45) is -4.98. The number of ether oxygens (including phenoxy) is 1. The van der Waals surface area contributed by atoms with E-state index in [1.54, 1.807) is 0 Å². The second-order valence-electron chi connectivity index (χ2n) is 3.31. The molecule has 0 fully saturated rings. The molecule has 0 amide bonds. The number of halogens is 5. The molecule has 6 nitrogen and oxygen atoms in total. The van der Waals surface area contributed by atoms with Crippen molar-refractivity contribution in [3.05, 3.63) is 26.7 Å². The Kier molecular flexibility index (Phi) is 5.17. The molecule has 1 aromatic rings. The molecule has 0 saturated carbocycles. The van der Waals surface area contributed by atoms with Gasteiger partial charge < -0.3 is 10.5 Å². The summed E-state index contributed by atoms with van der Waals surface area (Å²) in [4.78, 5) is 13.6. The maximum Gasteiger partial charge on any atom is 0.573 e. The number of nitrogens with zero attached hydrogens (tertiary/aromatic N) is 2. The first-order valence-electron chi connectivity index (χ1n) is 4.76. The molecule has 110 valence electrons. The SMILES string of the molecule is NC(CCl)=Nc1cc(Br)c(OC(F)(F)F)cc1[N+](=O)[O-]. The van der Waals surface area contributed by atoms with E-state index >= 15 is 0 Å². The van der Waals surface area contributed by atoms with E-state index in [0.29, 0.717) is 6.07 Å². The molecule has 11 heteroatoms. The molecule has 1 rings (SSSR count). The fourth-order valence-electron chi connectivity index (χ4n) is 1.16. The highest BCUT2D eigenvalue weighted by Gasteiger charge is 2.33. The lowest BCUT2D eigenvalue weighted by Crippen LogP contribution is -2.17. The van der Waals surface area contributed by atoms with E-state index in [-0.39, 0.29) is 21.9 Å². The Morgan fingerprint density at radius 2 is 2.15 bits per heavy atom. The molecule has 0 unspecified atom stereocenters. The maximum atomic E-state index is 12.1. The van der Waals surface area contributed by atoms with Crippen molar-refractivity contribution in [2.45, 2.75) is 6.36 Å². The van der Waals surface area contributed by atoms with Crippen LogP contribution in [0.25, 0.3) is 0 Å². The predicted molar refractivity (Wildman–Crippen MR) is 69.5 cm³/mol. The van der Waals surface area contributed by atoms with Gasteiger partial charge in [0.05, 0.1) is 21.3 Å². The lowest BCUT2D eigenvalue weighted by atomic mass is 10.2. The van der Waals surface area contributed by atoms with E-state index in [9.17, 15) is 23.3 Å². The van der Waals surface area contributed by atoms with Crippen LogP contribution in [0.1, 0.15) is 0 Å². The van der Waals surface area contributed by atoms with Crippen LogP contribution in [0.3, 0.4) is 0 Å². The molecule has 0 saturated heterocycles. The van der Waals surface area contributed by atoms with E-state index in [1.807, 2.05) is 0 Å². The van der Waals surface area contributed by atoms with Crippen molar-refractivity contribution in [2.24, 2.45) is 10.7 Å². The van der Waals surface area contributed by atoms with Gasteiger partial charge in [0.15, 0.2) is 5.75 Å². The molecule has 1 aromatic carbocycles. The Hall–Kier alpha value is -1.55. The van der Waals surface area contributed by atoms with Crippen LogP contribution in [0.4, 0.5) is 24.5 Å². The average molecular weight is 377 g/mol. The summed E-state index contributed by atoms with van der Waals surface area (Å²) in [5, 5.41) is 10.8. The Morgan fingerprint density at radius 1 is 1.55 bits per heavy atom. The van der Waals surface area contributed by atoms with Crippen LogP contribution >= 0.6 is 27.5 Å². The first kappa shape index (κ1) is 16.5. The second kappa shape index (κ2) is 6.27. The third kappa shape index (κ3) is 4.53. The highest BCUT2D eigenvalue weighted by Crippen LogP contribution is 2.39. The van der Waals surface area contributed by atoms with E-state index in [2.05, 4.69) is 25.7 Å². The zero-order valence-corrected chi connectivity index (χ0v) is 11.8. The molecule has 0 bridgehead atoms. The molecule has 0 aromatic heterocycles. The van der Waals surface area contributed by atoms with Gasteiger partial charge in [-0.1, -0.05) is 0 Å². The van der Waals surface area contributed by atoms with E-state index in [1.165, 1.54) is 0 Å². The van der Waals surface area contributed by atoms with Gasteiger partial charge in [-0.2, -0.15) is 0 Å². The van der Waals surface area contributed by atoms with E-state index < -0.39 is 22.7 Å². The topological polar surface area (TPSA) is 90.8 Å². The molecular formula is C9H6BrClF3N3O3. The number of aliphatic imine (C=N–C) groups is 1. The molecule has 0 aliphatic heterocycles. The van der Waals surface area contributed by atoms with Crippen LogP contribution in [0.15, 0.2) is 21.6 Å². The normalized spacial score (nSPS) is 12.3. The second-order valence-corrected chi connectivity index (χ2v) is 4.43. The molecule has 0 radical (unpaired) electrons. The largest absolute Gasteiger partial charge is 0.573 e. The summed E-state index contributed by atoms with van der Waals surface area (Å²) in [7, 11) is 0. The number of amidine groups is 1. The summed E-state index contributed by atoms with van der Waals surface area (Å²) in [5.41, 5.74) is 4.40. The van der Waals surface area contributed by atoms with Crippen molar-refractivity contribution >= 4 is 44.7 Å². The monoisotopic (exact) mass is 375 g/mol. The van der Waals surface area contributed by atoms with Crippen LogP contribution in [0, 0.1) is 10.1 Å². The van der Waals surface area contributed by atoms with Gasteiger partial charge in [-0.25, -0.2) is 4.99 Å². The number of nitro benzene ring substituents is 1. The number of alkyl halides is 4. The molecule has 0 atom stereocenters. The molecule has 0 aliphatic carbocycles. The Morgan fingerprint density at radius 3 is 2.60 bits per heavy atom. The van der Waals surface area contributed by atoms with Gasteiger partial charge in [-0.05, 0) is 22.0 Å². The van der Waals surface area contributed by atoms with Crippen LogP contribution in [0.2, 0.25) is 0 Å². The highest BCUT2D eigenvalue weighted by molar-refractivity contribution is 9.10. The Bertz CT molecular complexity index is 565. The smallest absolute Gasteiger partial charge is 0.404 e. The number of nitrogens with two attached hydrogens (primary N) is 1. The van der Waals surface area contributed by atoms with Crippen LogP contribution in [-0.2, 0) is 0 Å². The third-order valence-electron chi connectivity index (χ3n) is 1.85. The van der Waals surface area contributed by atoms with Crippen molar-refractivity contribution in [2.75, 3.05) is 5.88 Å². The summed E-state index contributed by atoms with van der Waals surface area (Å²) in [6, 6.07) is 1.58. The maximum absolute atomic E-state index is 12.1. The fraction of sp³-hybridized carbons (Fsp3) is 0.222. The zero-order valence-electron chi connectivity index (χ0n) is 9.45. The van der Waals surface area contributed by atoms with E-state index in [0.717, 1.165) is 6.07 Å². The number of hydrogen-bond acceptors (Lipinski definition) is 4. The molecule has 20 heavy (non-hydrogen) atoms. The summed E-state index contributed by atoms with van der Waals surface area (Å²) < 4.78 is 39.9. The van der Waals surface area contributed by atoms with Crippen LogP contribution in [0.5, 0.6) is 5.75 Å².